The smallest absolute Gasteiger partial charge is 0.123 e. The van der Waals surface area contributed by atoms with Crippen molar-refractivity contribution in [2.75, 3.05) is 20.6 Å². The maximum Gasteiger partial charge on any atom is 0.123 e. The normalized spacial score (nSPS) is 14.8. The van der Waals surface area contributed by atoms with Crippen molar-refractivity contribution in [3.63, 3.8) is 0 Å². The molecule has 0 aromatic heterocycles. The van der Waals surface area contributed by atoms with E-state index in [0.29, 0.717) is 5.92 Å². The summed E-state index contributed by atoms with van der Waals surface area (Å²) in [6, 6.07) is 4.63. The summed E-state index contributed by atoms with van der Waals surface area (Å²) in [6.07, 6.45) is 0.113. The molecular weight excluding hydrogens is 217 g/mol. The molecule has 0 aliphatic heterocycles. The summed E-state index contributed by atoms with van der Waals surface area (Å²) in [6.45, 7) is 7.05. The van der Waals surface area contributed by atoms with Gasteiger partial charge in [0, 0.05) is 12.5 Å². The van der Waals surface area contributed by atoms with Gasteiger partial charge in [-0.1, -0.05) is 6.92 Å². The molecule has 0 saturated heterocycles. The minimum atomic E-state index is -0.219. The fraction of sp³-hybridized carbons (Fsp3) is 0.571. The van der Waals surface area contributed by atoms with Gasteiger partial charge in [-0.05, 0) is 51.7 Å². The molecule has 1 rings (SSSR count). The molecule has 0 saturated carbocycles. The Morgan fingerprint density at radius 2 is 1.94 bits per heavy atom. The SMILES string of the molecule is Cc1cc(F)ccc1O[C@H](C)[C@H](C)CN(C)C. The van der Waals surface area contributed by atoms with Gasteiger partial charge in [-0.15, -0.1) is 0 Å². The average Bonchev–Trinajstić information content (AvgIpc) is 2.21. The largest absolute Gasteiger partial charge is 0.490 e. The number of nitrogens with zero attached hydrogens (tertiary/aromatic N) is 1. The van der Waals surface area contributed by atoms with Crippen LogP contribution in [0.15, 0.2) is 18.2 Å². The number of aryl methyl sites for hydroxylation is 1. The first-order valence-electron chi connectivity index (χ1n) is 5.97. The van der Waals surface area contributed by atoms with Crippen LogP contribution in [0, 0.1) is 18.7 Å². The Morgan fingerprint density at radius 1 is 1.29 bits per heavy atom. The molecular formula is C14H22FNO. The molecule has 17 heavy (non-hydrogen) atoms. The van der Waals surface area contributed by atoms with E-state index >= 15 is 0 Å². The topological polar surface area (TPSA) is 12.5 Å². The van der Waals surface area contributed by atoms with Crippen LogP contribution in [0.1, 0.15) is 19.4 Å². The first kappa shape index (κ1) is 14.0. The molecule has 0 N–H and O–H groups in total. The predicted molar refractivity (Wildman–Crippen MR) is 68.9 cm³/mol. The Bertz CT molecular complexity index is 365. The first-order chi connectivity index (χ1) is 7.90. The van der Waals surface area contributed by atoms with Gasteiger partial charge in [0.1, 0.15) is 11.6 Å². The van der Waals surface area contributed by atoms with Gasteiger partial charge in [-0.2, -0.15) is 0 Å². The van der Waals surface area contributed by atoms with Crippen LogP contribution in [-0.2, 0) is 0 Å². The molecule has 2 atom stereocenters. The van der Waals surface area contributed by atoms with E-state index in [1.54, 1.807) is 6.07 Å². The predicted octanol–water partition coefficient (Wildman–Crippen LogP) is 3.10. The van der Waals surface area contributed by atoms with Crippen molar-refractivity contribution in [2.45, 2.75) is 26.9 Å². The zero-order valence-electron chi connectivity index (χ0n) is 11.3. The van der Waals surface area contributed by atoms with Gasteiger partial charge in [0.25, 0.3) is 0 Å². The molecule has 0 aliphatic carbocycles. The summed E-state index contributed by atoms with van der Waals surface area (Å²) >= 11 is 0. The maximum atomic E-state index is 13.0. The lowest BCUT2D eigenvalue weighted by atomic mass is 10.1. The summed E-state index contributed by atoms with van der Waals surface area (Å²) in [5, 5.41) is 0. The third kappa shape index (κ3) is 4.35. The number of ether oxygens (including phenoxy) is 1. The highest BCUT2D eigenvalue weighted by Gasteiger charge is 2.15. The van der Waals surface area contributed by atoms with Crippen molar-refractivity contribution in [1.29, 1.82) is 0 Å². The van der Waals surface area contributed by atoms with Gasteiger partial charge >= 0.3 is 0 Å². The van der Waals surface area contributed by atoms with Crippen LogP contribution in [0.2, 0.25) is 0 Å². The Kier molecular flexibility index (Phi) is 4.94. The molecule has 2 nitrogen and oxygen atoms in total. The molecule has 0 bridgehead atoms. The molecule has 0 aliphatic rings. The lowest BCUT2D eigenvalue weighted by Crippen LogP contribution is -2.30. The van der Waals surface area contributed by atoms with Crippen LogP contribution in [-0.4, -0.2) is 31.6 Å². The number of halogens is 1. The highest BCUT2D eigenvalue weighted by Crippen LogP contribution is 2.21. The fourth-order valence-corrected chi connectivity index (χ4v) is 1.79. The molecule has 0 unspecified atom stereocenters. The van der Waals surface area contributed by atoms with E-state index in [-0.39, 0.29) is 11.9 Å². The van der Waals surface area contributed by atoms with Gasteiger partial charge in [0.05, 0.1) is 6.10 Å². The van der Waals surface area contributed by atoms with Crippen LogP contribution in [0.4, 0.5) is 4.39 Å². The van der Waals surface area contributed by atoms with Gasteiger partial charge in [-0.25, -0.2) is 4.39 Å². The molecule has 96 valence electrons. The standard InChI is InChI=1S/C14H22FNO/c1-10-8-13(15)6-7-14(10)17-12(3)11(2)9-16(4)5/h6-8,11-12H,9H2,1-5H3/t11-,12-/m1/s1. The van der Waals surface area contributed by atoms with Gasteiger partial charge in [-0.3, -0.25) is 0 Å². The summed E-state index contributed by atoms with van der Waals surface area (Å²) in [7, 11) is 4.10. The number of hydrogen-bond donors (Lipinski definition) is 0. The van der Waals surface area contributed by atoms with Crippen LogP contribution < -0.4 is 4.74 Å². The van der Waals surface area contributed by atoms with Crippen molar-refractivity contribution < 1.29 is 9.13 Å². The van der Waals surface area contributed by atoms with E-state index in [0.717, 1.165) is 17.9 Å². The molecule has 3 heteroatoms. The highest BCUT2D eigenvalue weighted by molar-refractivity contribution is 5.32. The van der Waals surface area contributed by atoms with E-state index in [9.17, 15) is 4.39 Å². The lowest BCUT2D eigenvalue weighted by molar-refractivity contribution is 0.138. The molecule has 0 radical (unpaired) electrons. The van der Waals surface area contributed by atoms with Crippen LogP contribution >= 0.6 is 0 Å². The molecule has 0 heterocycles. The molecule has 0 fully saturated rings. The first-order valence-corrected chi connectivity index (χ1v) is 5.97. The number of benzene rings is 1. The molecule has 0 spiro atoms. The van der Waals surface area contributed by atoms with E-state index < -0.39 is 0 Å². The van der Waals surface area contributed by atoms with Crippen LogP contribution in [0.3, 0.4) is 0 Å². The number of rotatable bonds is 5. The molecule has 1 aromatic rings. The Labute approximate surface area is 103 Å². The second-order valence-corrected chi connectivity index (χ2v) is 4.97. The second kappa shape index (κ2) is 6.01. The van der Waals surface area contributed by atoms with Crippen molar-refractivity contribution in [2.24, 2.45) is 5.92 Å². The Hall–Kier alpha value is -1.09. The van der Waals surface area contributed by atoms with Gasteiger partial charge in [0.2, 0.25) is 0 Å². The van der Waals surface area contributed by atoms with Crippen molar-refractivity contribution in [3.8, 4) is 5.75 Å². The third-order valence-electron chi connectivity index (χ3n) is 2.90. The summed E-state index contributed by atoms with van der Waals surface area (Å²) in [5.41, 5.74) is 0.842. The Morgan fingerprint density at radius 3 is 2.47 bits per heavy atom. The zero-order chi connectivity index (χ0) is 13.0. The number of hydrogen-bond acceptors (Lipinski definition) is 2. The van der Waals surface area contributed by atoms with E-state index in [1.807, 2.05) is 21.0 Å². The van der Waals surface area contributed by atoms with Gasteiger partial charge < -0.3 is 9.64 Å². The Balaban J connectivity index is 2.64. The minimum Gasteiger partial charge on any atom is -0.490 e. The highest BCUT2D eigenvalue weighted by atomic mass is 19.1. The summed E-state index contributed by atoms with van der Waals surface area (Å²) in [5.74, 6) is 0.975. The second-order valence-electron chi connectivity index (χ2n) is 4.97. The van der Waals surface area contributed by atoms with E-state index in [4.69, 9.17) is 4.74 Å². The van der Waals surface area contributed by atoms with Crippen molar-refractivity contribution in [1.82, 2.24) is 4.90 Å². The van der Waals surface area contributed by atoms with Gasteiger partial charge in [0.15, 0.2) is 0 Å². The average molecular weight is 239 g/mol. The fourth-order valence-electron chi connectivity index (χ4n) is 1.79. The third-order valence-corrected chi connectivity index (χ3v) is 2.90. The maximum absolute atomic E-state index is 13.0. The van der Waals surface area contributed by atoms with Crippen LogP contribution in [0.5, 0.6) is 5.75 Å². The molecule has 0 amide bonds. The zero-order valence-corrected chi connectivity index (χ0v) is 11.3. The van der Waals surface area contributed by atoms with E-state index in [1.165, 1.54) is 12.1 Å². The van der Waals surface area contributed by atoms with Crippen molar-refractivity contribution >= 4 is 0 Å². The monoisotopic (exact) mass is 239 g/mol. The minimum absolute atomic E-state index is 0.113. The lowest BCUT2D eigenvalue weighted by Gasteiger charge is -2.25. The molecule has 1 aromatic carbocycles. The van der Waals surface area contributed by atoms with E-state index in [2.05, 4.69) is 18.7 Å². The van der Waals surface area contributed by atoms with Crippen molar-refractivity contribution in [3.05, 3.63) is 29.6 Å². The summed E-state index contributed by atoms with van der Waals surface area (Å²) in [4.78, 5) is 2.14. The summed E-state index contributed by atoms with van der Waals surface area (Å²) < 4.78 is 18.8. The van der Waals surface area contributed by atoms with Crippen LogP contribution in [0.25, 0.3) is 0 Å². The quantitative estimate of drug-likeness (QED) is 0.783.